The number of phenols is 1. The topological polar surface area (TPSA) is 498 Å². The molecule has 0 fully saturated rings. The summed E-state index contributed by atoms with van der Waals surface area (Å²) in [4.78, 5) is 133. The maximum atomic E-state index is 12.2. The zero-order valence-corrected chi connectivity index (χ0v) is 80.8. The Labute approximate surface area is 790 Å². The van der Waals surface area contributed by atoms with E-state index in [4.69, 9.17) is 127 Å². The van der Waals surface area contributed by atoms with Crippen LogP contribution >= 0.6 is 58.0 Å². The number of aliphatic carboxylic acids is 1. The van der Waals surface area contributed by atoms with Crippen LogP contribution in [0, 0.1) is 54.8 Å². The van der Waals surface area contributed by atoms with E-state index in [9.17, 15) is 63.4 Å². The first kappa shape index (κ1) is 123. The van der Waals surface area contributed by atoms with Gasteiger partial charge in [0.1, 0.15) is 83.9 Å². The summed E-state index contributed by atoms with van der Waals surface area (Å²) in [7, 11) is 4.83. The van der Waals surface area contributed by atoms with Crippen LogP contribution in [0.2, 0.25) is 0 Å². The average molecular weight is 1920 g/mol. The lowest BCUT2D eigenvalue weighted by molar-refractivity contribution is -0.385. The van der Waals surface area contributed by atoms with Gasteiger partial charge in [0.2, 0.25) is 0 Å². The maximum absolute atomic E-state index is 12.2. The molecule has 0 saturated carbocycles. The second-order valence-electron chi connectivity index (χ2n) is 32.5. The van der Waals surface area contributed by atoms with Crippen molar-refractivity contribution < 1.29 is 111 Å². The number of aromatic hydroxyl groups is 1. The van der Waals surface area contributed by atoms with Crippen LogP contribution in [0.5, 0.6) is 28.7 Å². The Morgan fingerprint density at radius 1 is 0.462 bits per heavy atom. The number of carboxylic acid groups (broad SMARTS) is 1. The Balaban J connectivity index is 0. The van der Waals surface area contributed by atoms with E-state index >= 15 is 0 Å². The maximum Gasteiger partial charge on any atom is 0.307 e. The lowest BCUT2D eigenvalue weighted by Gasteiger charge is -2.24. The average Bonchev–Trinajstić information content (AvgIpc) is 0.557. The smallest absolute Gasteiger partial charge is 0.307 e. The number of anilines is 2. The van der Waals surface area contributed by atoms with E-state index in [0.717, 1.165) is 67.3 Å². The molecule has 0 aromatic heterocycles. The van der Waals surface area contributed by atoms with Gasteiger partial charge >= 0.3 is 29.8 Å². The predicted molar refractivity (Wildman–Crippen MR) is 511 cm³/mol. The van der Waals surface area contributed by atoms with E-state index in [0.29, 0.717) is 95.2 Å². The number of ether oxygens (including phenoxy) is 8. The van der Waals surface area contributed by atoms with Gasteiger partial charge in [-0.15, -0.1) is 58.0 Å². The van der Waals surface area contributed by atoms with Crippen molar-refractivity contribution in [1.82, 2.24) is 25.8 Å². The van der Waals surface area contributed by atoms with Crippen LogP contribution in [0.1, 0.15) is 149 Å². The van der Waals surface area contributed by atoms with Crippen molar-refractivity contribution in [2.24, 2.45) is 5.73 Å². The van der Waals surface area contributed by atoms with E-state index in [1.807, 2.05) is 84.0 Å². The van der Waals surface area contributed by atoms with Gasteiger partial charge in [0, 0.05) is 122 Å². The number of aliphatic hydroxyl groups is 1. The number of nitrogen functional groups attached to an aromatic ring is 1. The number of aliphatic hydroxyl groups excluding tert-OH is 1. The number of rotatable bonds is 49. The van der Waals surface area contributed by atoms with Crippen LogP contribution in [0.4, 0.5) is 22.7 Å². The van der Waals surface area contributed by atoms with Gasteiger partial charge in [-0.3, -0.25) is 49.1 Å². The summed E-state index contributed by atoms with van der Waals surface area (Å²) in [5.74, 6) is 2.42. The second-order valence-corrected chi connectivity index (χ2v) is 34.3. The highest BCUT2D eigenvalue weighted by Crippen LogP contribution is 2.29. The molecule has 0 heterocycles. The molecule has 5 rings (SSSR count). The number of nitro groups is 2. The molecule has 0 spiro atoms. The Bertz CT molecular complexity index is 4220. The van der Waals surface area contributed by atoms with Crippen molar-refractivity contribution in [3.63, 3.8) is 0 Å². The number of phenolic OH excluding ortho intramolecular Hbond substituents is 1. The number of nitrogens with zero attached hydrogens (tertiary/aromatic N) is 4. The highest BCUT2D eigenvalue weighted by molar-refractivity contribution is 6.65. The van der Waals surface area contributed by atoms with Crippen molar-refractivity contribution >= 4 is 171 Å². The van der Waals surface area contributed by atoms with Gasteiger partial charge < -0.3 is 114 Å². The summed E-state index contributed by atoms with van der Waals surface area (Å²) >= 11 is 28.2. The number of nitro benzene ring substituents is 2. The molecule has 0 amide bonds. The third kappa shape index (κ3) is 62.1. The quantitative estimate of drug-likeness (QED) is 0.00255. The minimum Gasteiger partial charge on any atom is -0.508 e. The second kappa shape index (κ2) is 67.8. The highest BCUT2D eigenvalue weighted by Gasteiger charge is 2.27. The normalized spacial score (nSPS) is 11.9. The molecule has 4 radical (unpaired) electrons. The number of carbonyl (C=O) groups excluding carboxylic acids is 9. The van der Waals surface area contributed by atoms with Crippen LogP contribution < -0.4 is 56.2 Å². The molecule has 44 heteroatoms. The molecule has 0 aliphatic heterocycles. The Morgan fingerprint density at radius 3 is 1.15 bits per heavy atom. The summed E-state index contributed by atoms with van der Waals surface area (Å²) in [5, 5.41) is 58.6. The van der Waals surface area contributed by atoms with Gasteiger partial charge in [0.05, 0.1) is 79.2 Å². The summed E-state index contributed by atoms with van der Waals surface area (Å²) < 4.78 is 43.9. The third-order valence-corrected chi connectivity index (χ3v) is 16.9. The fraction of sp³-hybridized carbons (Fsp3) is 0.535. The minimum absolute atomic E-state index is 0.000278. The molecule has 0 unspecified atom stereocenters. The van der Waals surface area contributed by atoms with Gasteiger partial charge in [-0.05, 0) is 206 Å². The van der Waals surface area contributed by atoms with Crippen molar-refractivity contribution in [2.75, 3.05) is 99.2 Å². The summed E-state index contributed by atoms with van der Waals surface area (Å²) in [6.45, 7) is 34.6. The van der Waals surface area contributed by atoms with E-state index < -0.39 is 74.3 Å². The number of alkyl halides is 5. The molecular formula is C86H127B4Cl5N10O25. The van der Waals surface area contributed by atoms with Gasteiger partial charge in [0.25, 0.3) is 41.0 Å². The van der Waals surface area contributed by atoms with E-state index in [1.165, 1.54) is 58.6 Å². The summed E-state index contributed by atoms with van der Waals surface area (Å²) in [5.41, 5.74) is 15.8. The van der Waals surface area contributed by atoms with Crippen molar-refractivity contribution in [2.45, 2.75) is 209 Å². The number of esters is 4. The molecular weight excluding hydrogens is 1790 g/mol. The number of nitrogens with two attached hydrogens (primary N) is 2. The van der Waals surface area contributed by atoms with Crippen LogP contribution in [0.25, 0.3) is 0 Å². The minimum atomic E-state index is -0.930. The number of benzene rings is 5. The van der Waals surface area contributed by atoms with Crippen LogP contribution in [0.3, 0.4) is 0 Å². The standard InChI is InChI=1S/C21H32BCl2N2O4.C16H22BN2O6.C16H24BN2O4.C15H22Cl2N2O3.C9H17BNO4.C7H7NO3.C2H3ClO/c1-16-5-6-17(13-26(9-7-23)10-8-24)11-19(16)29-14-18(25-22-15-27)12-20(28)30-21(2,3)4;1-11-7-13(19(22)23)5-6-14(11)24-9-12(18-17-10-20)8-15(21)25-16(2,3)4;1-11-7-12(18)5-6-14(11)22-9-13(19-17-10-20)8-15(21)23-16(2,3)4;1-11-8-13(19(6-4-16)7-5-17)2-3-14(11)22-10-12(18)9-15(20)21;1-9(2,3)15-8(14)4-7(5-12)11-10-6-13;1-5-4-6(8(10)11)2-3-7(5)9;3-1-2-4/h5-6,11,15,18,25H,7-10,12-14H2,1-4H3;5-7,10,12,18H,8-9H2,1-4H3;5-7,10,13,19H,8-9,18H2,1-4H3;2-3,8,12H,4-7,9-10,18H2,1H3,(H,20,21);6-7,11-12H,4-5H2,1-3H3;2-4,9H,1H3;2H,1H2/t18-;12-;13-;12-;7-;;/m11111../s1. The molecule has 5 atom stereocenters. The number of hydrogen-bond donors (Lipinski definition) is 9. The molecule has 718 valence electrons. The van der Waals surface area contributed by atoms with Gasteiger partial charge in [-0.25, -0.2) is 0 Å². The molecule has 11 N–H and O–H groups in total. The number of carboxylic acids is 1. The van der Waals surface area contributed by atoms with Crippen LogP contribution in [-0.4, -0.2) is 262 Å². The highest BCUT2D eigenvalue weighted by atomic mass is 35.5. The van der Waals surface area contributed by atoms with E-state index in [-0.39, 0.29) is 106 Å². The summed E-state index contributed by atoms with van der Waals surface area (Å²) in [6.07, 6.45) is 3.11. The third-order valence-electron chi connectivity index (χ3n) is 16.1. The Hall–Kier alpha value is -9.37. The van der Waals surface area contributed by atoms with Crippen LogP contribution in [0.15, 0.2) is 91.0 Å². The first-order chi connectivity index (χ1) is 60.9. The largest absolute Gasteiger partial charge is 0.508 e. The molecule has 130 heavy (non-hydrogen) atoms. The molecule has 5 aromatic rings. The Morgan fingerprint density at radius 2 is 0.808 bits per heavy atom. The first-order valence-electron chi connectivity index (χ1n) is 41.0. The molecule has 35 nitrogen and oxygen atoms in total. The number of hydrogen-bond acceptors (Lipinski definition) is 32. The fourth-order valence-corrected chi connectivity index (χ4v) is 11.4. The molecule has 5 aromatic carbocycles. The zero-order valence-electron chi connectivity index (χ0n) is 77.0. The lowest BCUT2D eigenvalue weighted by atomic mass is 9.96. The fourth-order valence-electron chi connectivity index (χ4n) is 10.5. The van der Waals surface area contributed by atoms with Crippen molar-refractivity contribution in [1.29, 1.82) is 0 Å². The van der Waals surface area contributed by atoms with Gasteiger partial charge in [-0.2, -0.15) is 0 Å². The van der Waals surface area contributed by atoms with Crippen molar-refractivity contribution in [3.05, 3.63) is 145 Å². The number of aldehydes is 1. The van der Waals surface area contributed by atoms with Crippen LogP contribution in [-0.2, 0) is 73.4 Å². The van der Waals surface area contributed by atoms with Gasteiger partial charge in [0.15, 0.2) is 0 Å². The first-order valence-corrected chi connectivity index (χ1v) is 43.6. The predicted octanol–water partition coefficient (Wildman–Crippen LogP) is 10.4. The zero-order chi connectivity index (χ0) is 99.3. The SMILES string of the molecule is CC(C)(C)OC(=O)C[C@H](CO)N[B]C=O.Cc1cc(N(CCCl)CCCl)ccc1OC[C@H](N)CC(=O)O.Cc1cc(N)ccc1OC[C@@H](CC(=O)OC(C)(C)C)N[B]C=O.Cc1cc([N+](=O)[O-])ccc1O.Cc1cc([N+](=O)[O-])ccc1OC[C@@H](CC(=O)OC(C)(C)C)N[B]C=O.Cc1ccc(CN(CCCl)CCCl)cc1OC[C@@H](CC(=O)OC(C)(C)C)N[B]C=O.O=CCCl. The number of halogens is 5. The van der Waals surface area contributed by atoms with Crippen molar-refractivity contribution in [3.8, 4) is 28.7 Å². The number of non-ortho nitro benzene ring substituents is 2. The number of carbonyl (C=O) groups is 10. The molecule has 0 saturated heterocycles. The summed E-state index contributed by atoms with van der Waals surface area (Å²) in [6, 6.07) is 23.1. The molecule has 0 aliphatic rings. The molecule has 0 bridgehead atoms. The van der Waals surface area contributed by atoms with E-state index in [1.54, 1.807) is 88.3 Å². The number of aryl methyl sites for hydroxylation is 5. The van der Waals surface area contributed by atoms with Gasteiger partial charge in [-0.1, -0.05) is 12.1 Å². The van der Waals surface area contributed by atoms with E-state index in [2.05, 4.69) is 30.7 Å². The Kier molecular flexibility index (Phi) is 63.9. The monoisotopic (exact) mass is 1920 g/mol. The molecule has 0 aliphatic carbocycles. The lowest BCUT2D eigenvalue weighted by Crippen LogP contribution is -2.41. The number of nitrogens with one attached hydrogen (secondary N) is 4.